The molecule has 32 heavy (non-hydrogen) atoms. The number of amides is 2. The minimum atomic E-state index is -0.681. The molecule has 0 unspecified atom stereocenters. The standard InChI is InChI=1S/C22H17ClN4O4S/c23-17-11-10-15(12-19(17)27(30)31)20(28)26-22(32)25-18-9-5-4-8-16(18)21(29)24-13-14-6-2-1-3-7-14/h1-12H,13H2,(H,24,29)(H2,25,26,28,32). The topological polar surface area (TPSA) is 113 Å². The minimum Gasteiger partial charge on any atom is -0.348 e. The number of thiocarbonyl (C=S) groups is 1. The van der Waals surface area contributed by atoms with Gasteiger partial charge in [-0.05, 0) is 42.0 Å². The molecule has 10 heteroatoms. The third-order valence-electron chi connectivity index (χ3n) is 4.35. The summed E-state index contributed by atoms with van der Waals surface area (Å²) >= 11 is 10.9. The van der Waals surface area contributed by atoms with Gasteiger partial charge in [0.2, 0.25) is 0 Å². The molecule has 162 valence electrons. The van der Waals surface area contributed by atoms with Crippen molar-refractivity contribution in [1.82, 2.24) is 10.6 Å². The van der Waals surface area contributed by atoms with Crippen LogP contribution in [0.15, 0.2) is 72.8 Å². The number of nitro benzene ring substituents is 1. The van der Waals surface area contributed by atoms with Crippen LogP contribution < -0.4 is 16.0 Å². The van der Waals surface area contributed by atoms with Crippen LogP contribution in [-0.4, -0.2) is 21.9 Å². The molecule has 3 N–H and O–H groups in total. The quantitative estimate of drug-likeness (QED) is 0.282. The van der Waals surface area contributed by atoms with Crippen LogP contribution in [0.25, 0.3) is 0 Å². The molecule has 3 aromatic carbocycles. The zero-order valence-corrected chi connectivity index (χ0v) is 18.1. The fraction of sp³-hybridized carbons (Fsp3) is 0.0455. The molecule has 0 atom stereocenters. The molecule has 0 aliphatic carbocycles. The van der Waals surface area contributed by atoms with E-state index in [0.717, 1.165) is 11.6 Å². The molecule has 3 rings (SSSR count). The Hall–Kier alpha value is -3.82. The maximum absolute atomic E-state index is 12.6. The van der Waals surface area contributed by atoms with Crippen molar-refractivity contribution < 1.29 is 14.5 Å². The molecule has 0 heterocycles. The second kappa shape index (κ2) is 10.5. The number of benzene rings is 3. The Morgan fingerprint density at radius 3 is 2.38 bits per heavy atom. The SMILES string of the molecule is O=C(NC(=S)Nc1ccccc1C(=O)NCc1ccccc1)c1ccc(Cl)c([N+](=O)[O-])c1. The first-order valence-corrected chi connectivity index (χ1v) is 10.1. The number of halogens is 1. The second-order valence-corrected chi connectivity index (χ2v) is 7.36. The van der Waals surface area contributed by atoms with E-state index in [4.69, 9.17) is 23.8 Å². The van der Waals surface area contributed by atoms with E-state index < -0.39 is 16.5 Å². The van der Waals surface area contributed by atoms with E-state index in [1.807, 2.05) is 30.3 Å². The van der Waals surface area contributed by atoms with Crippen LogP contribution in [0, 0.1) is 10.1 Å². The number of carbonyl (C=O) groups is 2. The number of nitrogens with one attached hydrogen (secondary N) is 3. The Labute approximate surface area is 193 Å². The van der Waals surface area contributed by atoms with Gasteiger partial charge in [0, 0.05) is 18.2 Å². The van der Waals surface area contributed by atoms with Crippen molar-refractivity contribution in [3.63, 3.8) is 0 Å². The third kappa shape index (κ3) is 5.87. The van der Waals surface area contributed by atoms with Gasteiger partial charge < -0.3 is 10.6 Å². The monoisotopic (exact) mass is 468 g/mol. The van der Waals surface area contributed by atoms with E-state index in [-0.39, 0.29) is 21.6 Å². The molecule has 3 aromatic rings. The van der Waals surface area contributed by atoms with Crippen LogP contribution in [-0.2, 0) is 6.54 Å². The van der Waals surface area contributed by atoms with Gasteiger partial charge in [-0.2, -0.15) is 0 Å². The average molecular weight is 469 g/mol. The van der Waals surface area contributed by atoms with Crippen LogP contribution >= 0.6 is 23.8 Å². The molecule has 0 aromatic heterocycles. The summed E-state index contributed by atoms with van der Waals surface area (Å²) in [7, 11) is 0. The number of carbonyl (C=O) groups excluding carboxylic acids is 2. The van der Waals surface area contributed by atoms with Crippen molar-refractivity contribution in [1.29, 1.82) is 0 Å². The van der Waals surface area contributed by atoms with Gasteiger partial charge in [-0.1, -0.05) is 54.1 Å². The van der Waals surface area contributed by atoms with E-state index in [2.05, 4.69) is 16.0 Å². The molecular formula is C22H17ClN4O4S. The average Bonchev–Trinajstić information content (AvgIpc) is 2.78. The summed E-state index contributed by atoms with van der Waals surface area (Å²) in [5, 5.41) is 19.0. The van der Waals surface area contributed by atoms with E-state index >= 15 is 0 Å². The highest BCUT2D eigenvalue weighted by Gasteiger charge is 2.18. The largest absolute Gasteiger partial charge is 0.348 e. The summed E-state index contributed by atoms with van der Waals surface area (Å²) in [6, 6.07) is 19.8. The molecule has 0 radical (unpaired) electrons. The van der Waals surface area contributed by atoms with Crippen molar-refractivity contribution in [3.05, 3.63) is 105 Å². The van der Waals surface area contributed by atoms with E-state index in [1.54, 1.807) is 24.3 Å². The molecule has 8 nitrogen and oxygen atoms in total. The fourth-order valence-electron chi connectivity index (χ4n) is 2.79. The Balaban J connectivity index is 1.66. The lowest BCUT2D eigenvalue weighted by Crippen LogP contribution is -2.35. The second-order valence-electron chi connectivity index (χ2n) is 6.55. The first-order chi connectivity index (χ1) is 15.3. The number of hydrogen-bond acceptors (Lipinski definition) is 5. The first-order valence-electron chi connectivity index (χ1n) is 9.32. The number of para-hydroxylation sites is 1. The van der Waals surface area contributed by atoms with Crippen LogP contribution in [0.1, 0.15) is 26.3 Å². The lowest BCUT2D eigenvalue weighted by Gasteiger charge is -2.14. The Bertz CT molecular complexity index is 1190. The number of anilines is 1. The molecule has 0 aliphatic rings. The fourth-order valence-corrected chi connectivity index (χ4v) is 3.18. The predicted octanol–water partition coefficient (Wildman–Crippen LogP) is 4.31. The number of nitrogens with zero attached hydrogens (tertiary/aromatic N) is 1. The minimum absolute atomic E-state index is 0.0131. The molecular weight excluding hydrogens is 452 g/mol. The van der Waals surface area contributed by atoms with Crippen molar-refractivity contribution in [2.45, 2.75) is 6.54 Å². The van der Waals surface area contributed by atoms with E-state index in [9.17, 15) is 19.7 Å². The molecule has 2 amide bonds. The Kier molecular flexibility index (Phi) is 7.48. The molecule has 0 aliphatic heterocycles. The highest BCUT2D eigenvalue weighted by atomic mass is 35.5. The summed E-state index contributed by atoms with van der Waals surface area (Å²) in [5.74, 6) is -0.979. The first kappa shape index (κ1) is 22.9. The van der Waals surface area contributed by atoms with Gasteiger partial charge in [0.25, 0.3) is 17.5 Å². The molecule has 0 saturated heterocycles. The van der Waals surface area contributed by atoms with Crippen molar-refractivity contribution >= 4 is 52.1 Å². The summed E-state index contributed by atoms with van der Waals surface area (Å²) < 4.78 is 0. The van der Waals surface area contributed by atoms with Gasteiger partial charge in [0.05, 0.1) is 16.2 Å². The molecule has 0 fully saturated rings. The number of nitro groups is 1. The van der Waals surface area contributed by atoms with Crippen molar-refractivity contribution in [2.75, 3.05) is 5.32 Å². The molecule has 0 spiro atoms. The highest BCUT2D eigenvalue weighted by molar-refractivity contribution is 7.80. The van der Waals surface area contributed by atoms with Gasteiger partial charge in [-0.25, -0.2) is 0 Å². The molecule has 0 saturated carbocycles. The summed E-state index contributed by atoms with van der Waals surface area (Å²) in [6.45, 7) is 0.352. The van der Waals surface area contributed by atoms with Gasteiger partial charge >= 0.3 is 0 Å². The summed E-state index contributed by atoms with van der Waals surface area (Å²) in [6.07, 6.45) is 0. The van der Waals surface area contributed by atoms with Crippen molar-refractivity contribution in [3.8, 4) is 0 Å². The van der Waals surface area contributed by atoms with Gasteiger partial charge in [-0.15, -0.1) is 0 Å². The zero-order valence-electron chi connectivity index (χ0n) is 16.5. The third-order valence-corrected chi connectivity index (χ3v) is 4.87. The predicted molar refractivity (Wildman–Crippen MR) is 126 cm³/mol. The van der Waals surface area contributed by atoms with Crippen LogP contribution in [0.4, 0.5) is 11.4 Å². The van der Waals surface area contributed by atoms with Crippen LogP contribution in [0.2, 0.25) is 5.02 Å². The Morgan fingerprint density at radius 2 is 1.66 bits per heavy atom. The molecule has 0 bridgehead atoms. The van der Waals surface area contributed by atoms with Crippen LogP contribution in [0.5, 0.6) is 0 Å². The Morgan fingerprint density at radius 1 is 0.969 bits per heavy atom. The van der Waals surface area contributed by atoms with Gasteiger partial charge in [0.15, 0.2) is 5.11 Å². The normalized spacial score (nSPS) is 10.2. The van der Waals surface area contributed by atoms with E-state index in [1.165, 1.54) is 12.1 Å². The zero-order chi connectivity index (χ0) is 23.1. The van der Waals surface area contributed by atoms with E-state index in [0.29, 0.717) is 17.8 Å². The van der Waals surface area contributed by atoms with Gasteiger partial charge in [-0.3, -0.25) is 25.0 Å². The number of rotatable bonds is 6. The maximum Gasteiger partial charge on any atom is 0.288 e. The van der Waals surface area contributed by atoms with Crippen LogP contribution in [0.3, 0.4) is 0 Å². The van der Waals surface area contributed by atoms with Gasteiger partial charge in [0.1, 0.15) is 5.02 Å². The number of hydrogen-bond donors (Lipinski definition) is 3. The van der Waals surface area contributed by atoms with Crippen molar-refractivity contribution in [2.24, 2.45) is 0 Å². The summed E-state index contributed by atoms with van der Waals surface area (Å²) in [4.78, 5) is 35.4. The smallest absolute Gasteiger partial charge is 0.288 e. The lowest BCUT2D eigenvalue weighted by molar-refractivity contribution is -0.384. The lowest BCUT2D eigenvalue weighted by atomic mass is 10.1. The highest BCUT2D eigenvalue weighted by Crippen LogP contribution is 2.25. The maximum atomic E-state index is 12.6. The summed E-state index contributed by atoms with van der Waals surface area (Å²) in [5.41, 5.74) is 1.30.